The monoisotopic (exact) mass is 351 g/mol. The lowest BCUT2D eigenvalue weighted by molar-refractivity contribution is 0.102. The number of hydrogen-bond acceptors (Lipinski definition) is 5. The van der Waals surface area contributed by atoms with Crippen molar-refractivity contribution in [2.75, 3.05) is 23.3 Å². The van der Waals surface area contributed by atoms with Gasteiger partial charge in [-0.2, -0.15) is 5.10 Å². The maximum absolute atomic E-state index is 12.8. The topological polar surface area (TPSA) is 82.8 Å². The van der Waals surface area contributed by atoms with Crippen LogP contribution in [-0.4, -0.2) is 38.7 Å². The Bertz CT molecular complexity index is 931. The van der Waals surface area contributed by atoms with E-state index in [-0.39, 0.29) is 12.5 Å². The summed E-state index contributed by atoms with van der Waals surface area (Å²) in [5.41, 5.74) is 3.39. The molecule has 0 aliphatic carbocycles. The predicted molar refractivity (Wildman–Crippen MR) is 99.4 cm³/mol. The average Bonchev–Trinajstić information content (AvgIpc) is 3.13. The Balaban J connectivity index is 1.66. The van der Waals surface area contributed by atoms with Crippen LogP contribution in [0.3, 0.4) is 0 Å². The van der Waals surface area contributed by atoms with Gasteiger partial charge in [-0.15, -0.1) is 0 Å². The summed E-state index contributed by atoms with van der Waals surface area (Å²) >= 11 is 0. The van der Waals surface area contributed by atoms with Crippen molar-refractivity contribution in [1.82, 2.24) is 14.6 Å². The zero-order valence-electron chi connectivity index (χ0n) is 14.4. The van der Waals surface area contributed by atoms with Crippen molar-refractivity contribution >= 4 is 22.9 Å². The van der Waals surface area contributed by atoms with Crippen molar-refractivity contribution in [1.29, 1.82) is 0 Å². The van der Waals surface area contributed by atoms with Crippen molar-refractivity contribution in [3.05, 3.63) is 54.0 Å². The molecule has 0 radical (unpaired) electrons. The average molecular weight is 351 g/mol. The minimum atomic E-state index is -0.257. The highest BCUT2D eigenvalue weighted by molar-refractivity contribution is 6.09. The summed E-state index contributed by atoms with van der Waals surface area (Å²) in [5, 5.41) is 16.6. The number of carbonyl (C=O) groups excluding carboxylic acids is 1. The summed E-state index contributed by atoms with van der Waals surface area (Å²) in [6.45, 7) is 1.88. The largest absolute Gasteiger partial charge is 0.392 e. The number of aromatic nitrogens is 3. The minimum absolute atomic E-state index is 0.0680. The van der Waals surface area contributed by atoms with Crippen LogP contribution in [0, 0.1) is 0 Å². The highest BCUT2D eigenvalue weighted by Crippen LogP contribution is 2.30. The molecule has 0 spiro atoms. The number of nitrogens with one attached hydrogen (secondary N) is 1. The zero-order chi connectivity index (χ0) is 17.9. The summed E-state index contributed by atoms with van der Waals surface area (Å²) in [7, 11) is 0. The molecule has 7 heteroatoms. The van der Waals surface area contributed by atoms with E-state index in [0.29, 0.717) is 16.9 Å². The molecule has 1 aromatic carbocycles. The normalized spacial score (nSPS) is 14.6. The second-order valence-electron chi connectivity index (χ2n) is 6.46. The summed E-state index contributed by atoms with van der Waals surface area (Å²) in [6, 6.07) is 7.47. The molecule has 1 saturated heterocycles. The van der Waals surface area contributed by atoms with Gasteiger partial charge in [0.2, 0.25) is 0 Å². The van der Waals surface area contributed by atoms with Crippen LogP contribution < -0.4 is 10.2 Å². The summed E-state index contributed by atoms with van der Waals surface area (Å²) in [5.74, 6) is -0.257. The maximum Gasteiger partial charge on any atom is 0.261 e. The van der Waals surface area contributed by atoms with Crippen LogP contribution in [0.4, 0.5) is 11.4 Å². The third-order valence-corrected chi connectivity index (χ3v) is 4.71. The first-order valence-electron chi connectivity index (χ1n) is 8.85. The van der Waals surface area contributed by atoms with Gasteiger partial charge in [-0.05, 0) is 43.0 Å². The van der Waals surface area contributed by atoms with Crippen LogP contribution in [0.2, 0.25) is 0 Å². The summed E-state index contributed by atoms with van der Waals surface area (Å²) in [6.07, 6.45) is 8.44. The van der Waals surface area contributed by atoms with Gasteiger partial charge in [-0.1, -0.05) is 6.07 Å². The van der Waals surface area contributed by atoms with Crippen LogP contribution in [0.15, 0.2) is 42.9 Å². The SMILES string of the molecule is O=C(Nc1cc(CO)ccc1N1CCCCC1)c1cnn2cccnc12. The van der Waals surface area contributed by atoms with Crippen molar-refractivity contribution in [2.24, 2.45) is 0 Å². The second kappa shape index (κ2) is 7.13. The van der Waals surface area contributed by atoms with Crippen LogP contribution >= 0.6 is 0 Å². The smallest absolute Gasteiger partial charge is 0.261 e. The first-order valence-corrected chi connectivity index (χ1v) is 8.85. The molecule has 2 aromatic heterocycles. The van der Waals surface area contributed by atoms with Crippen molar-refractivity contribution in [2.45, 2.75) is 25.9 Å². The van der Waals surface area contributed by atoms with E-state index >= 15 is 0 Å². The van der Waals surface area contributed by atoms with Crippen LogP contribution in [0.1, 0.15) is 35.2 Å². The van der Waals surface area contributed by atoms with E-state index in [1.165, 1.54) is 12.6 Å². The molecule has 0 atom stereocenters. The fraction of sp³-hybridized carbons (Fsp3) is 0.316. The lowest BCUT2D eigenvalue weighted by Crippen LogP contribution is -2.30. The highest BCUT2D eigenvalue weighted by Gasteiger charge is 2.19. The molecule has 26 heavy (non-hydrogen) atoms. The highest BCUT2D eigenvalue weighted by atomic mass is 16.3. The molecule has 2 N–H and O–H groups in total. The fourth-order valence-corrected chi connectivity index (χ4v) is 3.37. The van der Waals surface area contributed by atoms with E-state index in [2.05, 4.69) is 20.3 Å². The van der Waals surface area contributed by atoms with Gasteiger partial charge in [0.25, 0.3) is 5.91 Å². The number of benzene rings is 1. The third kappa shape index (κ3) is 3.13. The van der Waals surface area contributed by atoms with E-state index in [9.17, 15) is 9.90 Å². The van der Waals surface area contributed by atoms with Crippen molar-refractivity contribution < 1.29 is 9.90 Å². The van der Waals surface area contributed by atoms with Gasteiger partial charge < -0.3 is 15.3 Å². The van der Waals surface area contributed by atoms with E-state index in [1.54, 1.807) is 23.0 Å². The molecule has 7 nitrogen and oxygen atoms in total. The number of anilines is 2. The Morgan fingerprint density at radius 2 is 2.08 bits per heavy atom. The lowest BCUT2D eigenvalue weighted by atomic mass is 10.1. The number of aliphatic hydroxyl groups is 1. The van der Waals surface area contributed by atoms with Crippen LogP contribution in [0.5, 0.6) is 0 Å². The molecule has 0 unspecified atom stereocenters. The first-order chi connectivity index (χ1) is 12.8. The Morgan fingerprint density at radius 3 is 2.88 bits per heavy atom. The van der Waals surface area contributed by atoms with E-state index in [4.69, 9.17) is 0 Å². The molecule has 0 bridgehead atoms. The van der Waals surface area contributed by atoms with Crippen LogP contribution in [-0.2, 0) is 6.61 Å². The Kier molecular flexibility index (Phi) is 4.53. The summed E-state index contributed by atoms with van der Waals surface area (Å²) < 4.78 is 1.57. The lowest BCUT2D eigenvalue weighted by Gasteiger charge is -2.30. The van der Waals surface area contributed by atoms with E-state index in [1.807, 2.05) is 18.2 Å². The molecule has 1 aliphatic rings. The number of hydrogen-bond donors (Lipinski definition) is 2. The number of fused-ring (bicyclic) bond motifs is 1. The molecule has 1 fully saturated rings. The maximum atomic E-state index is 12.8. The summed E-state index contributed by atoms with van der Waals surface area (Å²) in [4.78, 5) is 19.4. The van der Waals surface area contributed by atoms with Gasteiger partial charge in [0.05, 0.1) is 24.2 Å². The third-order valence-electron chi connectivity index (χ3n) is 4.71. The van der Waals surface area contributed by atoms with Gasteiger partial charge in [-0.25, -0.2) is 9.50 Å². The van der Waals surface area contributed by atoms with Gasteiger partial charge in [-0.3, -0.25) is 4.79 Å². The van der Waals surface area contributed by atoms with Gasteiger partial charge in [0.1, 0.15) is 5.56 Å². The molecular weight excluding hydrogens is 330 g/mol. The number of piperidine rings is 1. The Morgan fingerprint density at radius 1 is 1.23 bits per heavy atom. The molecule has 4 rings (SSSR count). The number of rotatable bonds is 4. The minimum Gasteiger partial charge on any atom is -0.392 e. The molecule has 1 amide bonds. The molecule has 134 valence electrons. The van der Waals surface area contributed by atoms with Gasteiger partial charge in [0.15, 0.2) is 5.65 Å². The number of aliphatic hydroxyl groups excluding tert-OH is 1. The van der Waals surface area contributed by atoms with Crippen molar-refractivity contribution in [3.63, 3.8) is 0 Å². The van der Waals surface area contributed by atoms with Gasteiger partial charge in [0, 0.05) is 25.5 Å². The fourth-order valence-electron chi connectivity index (χ4n) is 3.37. The first kappa shape index (κ1) is 16.5. The Labute approximate surface area is 151 Å². The van der Waals surface area contributed by atoms with Gasteiger partial charge >= 0.3 is 0 Å². The van der Waals surface area contributed by atoms with Crippen LogP contribution in [0.25, 0.3) is 5.65 Å². The second-order valence-corrected chi connectivity index (χ2v) is 6.46. The Hall–Kier alpha value is -2.93. The molecule has 0 saturated carbocycles. The standard InChI is InChI=1S/C19H21N5O2/c25-13-14-5-6-17(23-8-2-1-3-9-23)16(11-14)22-19(26)15-12-21-24-10-4-7-20-18(15)24/h4-7,10-12,25H,1-3,8-9,13H2,(H,22,26). The van der Waals surface area contributed by atoms with Crippen molar-refractivity contribution in [3.8, 4) is 0 Å². The predicted octanol–water partition coefficient (Wildman–Crippen LogP) is 2.46. The molecular formula is C19H21N5O2. The number of carbonyl (C=O) groups is 1. The number of nitrogens with zero attached hydrogens (tertiary/aromatic N) is 4. The molecule has 1 aliphatic heterocycles. The molecule has 3 aromatic rings. The molecule has 3 heterocycles. The van der Waals surface area contributed by atoms with E-state index in [0.717, 1.165) is 37.2 Å². The quantitative estimate of drug-likeness (QED) is 0.754. The zero-order valence-corrected chi connectivity index (χ0v) is 14.4. The number of amides is 1. The van der Waals surface area contributed by atoms with E-state index < -0.39 is 0 Å².